The van der Waals surface area contributed by atoms with Gasteiger partial charge in [0.05, 0.1) is 13.7 Å². The van der Waals surface area contributed by atoms with Crippen LogP contribution in [0.3, 0.4) is 0 Å². The molecule has 0 bridgehead atoms. The lowest BCUT2D eigenvalue weighted by molar-refractivity contribution is -0.137. The van der Waals surface area contributed by atoms with Crippen LogP contribution in [0.15, 0.2) is 22.6 Å². The quantitative estimate of drug-likeness (QED) is 0.740. The number of carbonyl (C=O) groups excluding carboxylic acids is 3. The van der Waals surface area contributed by atoms with Crippen LogP contribution in [0, 0.1) is 6.92 Å². The zero-order chi connectivity index (χ0) is 19.6. The minimum Gasteiger partial charge on any atom is -0.497 e. The highest BCUT2D eigenvalue weighted by molar-refractivity contribution is 5.97. The van der Waals surface area contributed by atoms with Crippen LogP contribution < -0.4 is 10.1 Å². The molecule has 0 aliphatic heterocycles. The highest BCUT2D eigenvalue weighted by Crippen LogP contribution is 2.29. The number of nitrogens with one attached hydrogen (secondary N) is 1. The number of carbonyl (C=O) groups is 3. The summed E-state index contributed by atoms with van der Waals surface area (Å²) < 4.78 is 15.8. The molecule has 27 heavy (non-hydrogen) atoms. The first-order chi connectivity index (χ1) is 12.9. The summed E-state index contributed by atoms with van der Waals surface area (Å²) in [5, 5.41) is 3.53. The van der Waals surface area contributed by atoms with E-state index in [1.165, 1.54) is 11.9 Å². The second kappa shape index (κ2) is 7.69. The van der Waals surface area contributed by atoms with Gasteiger partial charge in [0.15, 0.2) is 6.61 Å². The van der Waals surface area contributed by atoms with E-state index in [0.29, 0.717) is 16.9 Å². The van der Waals surface area contributed by atoms with Crippen molar-refractivity contribution < 1.29 is 28.3 Å². The third-order valence-corrected chi connectivity index (χ3v) is 4.40. The maximum absolute atomic E-state index is 12.3. The van der Waals surface area contributed by atoms with Crippen molar-refractivity contribution in [1.82, 2.24) is 10.2 Å². The van der Waals surface area contributed by atoms with Crippen molar-refractivity contribution in [3.8, 4) is 5.75 Å². The van der Waals surface area contributed by atoms with Crippen LogP contribution in [0.1, 0.15) is 29.0 Å². The third kappa shape index (κ3) is 4.39. The Balaban J connectivity index is 1.58. The Labute approximate surface area is 156 Å². The van der Waals surface area contributed by atoms with Gasteiger partial charge >= 0.3 is 5.97 Å². The van der Waals surface area contributed by atoms with Crippen molar-refractivity contribution in [2.24, 2.45) is 0 Å². The van der Waals surface area contributed by atoms with Crippen LogP contribution in [0.2, 0.25) is 0 Å². The molecule has 1 aromatic heterocycles. The number of rotatable bonds is 7. The van der Waals surface area contributed by atoms with Gasteiger partial charge in [-0.15, -0.1) is 0 Å². The molecule has 0 saturated heterocycles. The van der Waals surface area contributed by atoms with Crippen LogP contribution in [-0.4, -0.2) is 56.0 Å². The van der Waals surface area contributed by atoms with Crippen molar-refractivity contribution in [2.45, 2.75) is 25.8 Å². The summed E-state index contributed by atoms with van der Waals surface area (Å²) in [5.41, 5.74) is 1.14. The summed E-state index contributed by atoms with van der Waals surface area (Å²) in [6, 6.07) is 5.43. The number of fused-ring (bicyclic) bond motifs is 1. The smallest absolute Gasteiger partial charge is 0.375 e. The van der Waals surface area contributed by atoms with Gasteiger partial charge in [0.25, 0.3) is 5.91 Å². The molecule has 1 heterocycles. The Kier molecular flexibility index (Phi) is 5.34. The lowest BCUT2D eigenvalue weighted by Gasteiger charge is -2.16. The zero-order valence-corrected chi connectivity index (χ0v) is 15.5. The van der Waals surface area contributed by atoms with Crippen molar-refractivity contribution in [1.29, 1.82) is 0 Å². The van der Waals surface area contributed by atoms with E-state index in [2.05, 4.69) is 5.32 Å². The molecule has 8 nitrogen and oxygen atoms in total. The first kappa shape index (κ1) is 18.8. The van der Waals surface area contributed by atoms with Crippen LogP contribution in [0.4, 0.5) is 0 Å². The van der Waals surface area contributed by atoms with Gasteiger partial charge in [-0.3, -0.25) is 9.59 Å². The first-order valence-corrected chi connectivity index (χ1v) is 8.66. The SMILES string of the molecule is COc1ccc2oc(C(=O)OCC(=O)N(C)CC(=O)NC3CC3)c(C)c2c1. The second-order valence-electron chi connectivity index (χ2n) is 6.59. The molecule has 0 unspecified atom stereocenters. The Morgan fingerprint density at radius 1 is 1.30 bits per heavy atom. The second-order valence-corrected chi connectivity index (χ2v) is 6.59. The largest absolute Gasteiger partial charge is 0.497 e. The van der Waals surface area contributed by atoms with Gasteiger partial charge in [-0.2, -0.15) is 0 Å². The molecule has 1 aliphatic rings. The molecule has 0 atom stereocenters. The van der Waals surface area contributed by atoms with Gasteiger partial charge in [0, 0.05) is 24.0 Å². The number of esters is 1. The number of ether oxygens (including phenoxy) is 2. The van der Waals surface area contributed by atoms with E-state index in [1.54, 1.807) is 32.2 Å². The molecule has 1 fully saturated rings. The van der Waals surface area contributed by atoms with Crippen LogP contribution >= 0.6 is 0 Å². The van der Waals surface area contributed by atoms with Gasteiger partial charge < -0.3 is 24.1 Å². The normalized spacial score (nSPS) is 13.3. The zero-order valence-electron chi connectivity index (χ0n) is 15.5. The lowest BCUT2D eigenvalue weighted by Crippen LogP contribution is -2.40. The summed E-state index contributed by atoms with van der Waals surface area (Å²) >= 11 is 0. The molecule has 2 aromatic rings. The van der Waals surface area contributed by atoms with E-state index in [4.69, 9.17) is 13.9 Å². The predicted octanol–water partition coefficient (Wildman–Crippen LogP) is 1.64. The summed E-state index contributed by atoms with van der Waals surface area (Å²) in [4.78, 5) is 37.3. The van der Waals surface area contributed by atoms with Gasteiger partial charge in [-0.1, -0.05) is 0 Å². The van der Waals surface area contributed by atoms with Crippen LogP contribution in [-0.2, 0) is 14.3 Å². The Morgan fingerprint density at radius 3 is 2.70 bits per heavy atom. The molecule has 3 rings (SSSR count). The topological polar surface area (TPSA) is 98.1 Å². The summed E-state index contributed by atoms with van der Waals surface area (Å²) in [6.45, 7) is 1.19. The maximum atomic E-state index is 12.3. The van der Waals surface area contributed by atoms with Gasteiger partial charge in [0.1, 0.15) is 11.3 Å². The lowest BCUT2D eigenvalue weighted by atomic mass is 10.1. The number of hydrogen-bond donors (Lipinski definition) is 1. The highest BCUT2D eigenvalue weighted by atomic mass is 16.5. The number of methoxy groups -OCH3 is 1. The predicted molar refractivity (Wildman–Crippen MR) is 96.6 cm³/mol. The molecule has 0 radical (unpaired) electrons. The number of nitrogens with zero attached hydrogens (tertiary/aromatic N) is 1. The van der Waals surface area contributed by atoms with Gasteiger partial charge in [0.2, 0.25) is 11.7 Å². The number of likely N-dealkylation sites (N-methyl/N-ethyl adjacent to an activating group) is 1. The van der Waals surface area contributed by atoms with E-state index in [1.807, 2.05) is 0 Å². The fraction of sp³-hybridized carbons (Fsp3) is 0.421. The molecule has 1 N–H and O–H groups in total. The molecule has 0 spiro atoms. The molecule has 2 amide bonds. The molecule has 1 aliphatic carbocycles. The van der Waals surface area contributed by atoms with Gasteiger partial charge in [-0.25, -0.2) is 4.79 Å². The average Bonchev–Trinajstić information content (AvgIpc) is 3.40. The number of aryl methyl sites for hydroxylation is 1. The van der Waals surface area contributed by atoms with Crippen LogP contribution in [0.5, 0.6) is 5.75 Å². The monoisotopic (exact) mass is 374 g/mol. The van der Waals surface area contributed by atoms with Crippen molar-refractivity contribution in [2.75, 3.05) is 27.3 Å². The van der Waals surface area contributed by atoms with Gasteiger partial charge in [-0.05, 0) is 38.0 Å². The Bertz CT molecular complexity index is 884. The summed E-state index contributed by atoms with van der Waals surface area (Å²) in [6.07, 6.45) is 1.95. The third-order valence-electron chi connectivity index (χ3n) is 4.40. The van der Waals surface area contributed by atoms with E-state index in [9.17, 15) is 14.4 Å². The van der Waals surface area contributed by atoms with E-state index >= 15 is 0 Å². The molecule has 144 valence electrons. The molecule has 1 saturated carbocycles. The molecule has 1 aromatic carbocycles. The Morgan fingerprint density at radius 2 is 2.04 bits per heavy atom. The molecular formula is C19H22N2O6. The Hall–Kier alpha value is -3.03. The average molecular weight is 374 g/mol. The molecule has 8 heteroatoms. The van der Waals surface area contributed by atoms with Crippen molar-refractivity contribution in [3.63, 3.8) is 0 Å². The summed E-state index contributed by atoms with van der Waals surface area (Å²) in [7, 11) is 3.04. The minimum atomic E-state index is -0.730. The van der Waals surface area contributed by atoms with E-state index in [-0.39, 0.29) is 24.3 Å². The van der Waals surface area contributed by atoms with Crippen LogP contribution in [0.25, 0.3) is 11.0 Å². The van der Waals surface area contributed by atoms with Crippen molar-refractivity contribution >= 4 is 28.8 Å². The first-order valence-electron chi connectivity index (χ1n) is 8.66. The fourth-order valence-corrected chi connectivity index (χ4v) is 2.63. The number of furan rings is 1. The summed E-state index contributed by atoms with van der Waals surface area (Å²) in [5.74, 6) is -0.730. The number of benzene rings is 1. The highest BCUT2D eigenvalue weighted by Gasteiger charge is 2.25. The maximum Gasteiger partial charge on any atom is 0.375 e. The van der Waals surface area contributed by atoms with E-state index in [0.717, 1.165) is 18.2 Å². The molecular weight excluding hydrogens is 352 g/mol. The standard InChI is InChI=1S/C19H22N2O6/c1-11-14-8-13(25-3)6-7-15(14)27-18(11)19(24)26-10-17(23)21(2)9-16(22)20-12-4-5-12/h6-8,12H,4-5,9-10H2,1-3H3,(H,20,22). The fourth-order valence-electron chi connectivity index (χ4n) is 2.63. The van der Waals surface area contributed by atoms with Crippen molar-refractivity contribution in [3.05, 3.63) is 29.5 Å². The number of hydrogen-bond acceptors (Lipinski definition) is 6. The number of amides is 2. The minimum absolute atomic E-state index is 0.0418. The van der Waals surface area contributed by atoms with E-state index < -0.39 is 18.5 Å².